The van der Waals surface area contributed by atoms with E-state index in [1.807, 2.05) is 0 Å². The van der Waals surface area contributed by atoms with Crippen molar-refractivity contribution in [3.05, 3.63) is 144 Å². The number of nitrogens with zero attached hydrogens (tertiary/aromatic N) is 4. The average Bonchev–Trinajstić information content (AvgIpc) is 3.19. The summed E-state index contributed by atoms with van der Waals surface area (Å²) in [6.07, 6.45) is 0. The van der Waals surface area contributed by atoms with Crippen LogP contribution in [0.2, 0.25) is 0 Å². The summed E-state index contributed by atoms with van der Waals surface area (Å²) in [6, 6.07) is 30.6. The van der Waals surface area contributed by atoms with Crippen LogP contribution in [0.4, 0.5) is 0 Å². The number of carboxylic acids is 4. The van der Waals surface area contributed by atoms with Crippen molar-refractivity contribution in [3.8, 4) is 23.0 Å². The minimum absolute atomic E-state index is 0. The molecule has 4 heterocycles. The zero-order valence-corrected chi connectivity index (χ0v) is 30.5. The minimum atomic E-state index is -1.13. The van der Waals surface area contributed by atoms with E-state index >= 15 is 0 Å². The Hall–Kier alpha value is -7.69. The molecule has 0 spiro atoms. The number of pyridine rings is 4. The molecule has 0 amide bonds. The zero-order valence-electron chi connectivity index (χ0n) is 28.9. The molecule has 0 bridgehead atoms. The van der Waals surface area contributed by atoms with E-state index in [4.69, 9.17) is 20.4 Å². The third-order valence-electron chi connectivity index (χ3n) is 7.61. The van der Waals surface area contributed by atoms with E-state index in [0.29, 0.717) is 21.5 Å². The molecule has 8 aromatic rings. The molecule has 4 N–H and O–H groups in total. The number of hydrogen-bond acceptors (Lipinski definition) is 12. The first-order valence-electron chi connectivity index (χ1n) is 15.9. The van der Waals surface area contributed by atoms with Crippen LogP contribution in [0, 0.1) is 0 Å². The number of fused-ring (bicyclic) bond motifs is 4. The van der Waals surface area contributed by atoms with Gasteiger partial charge in [0.1, 0.15) is 22.8 Å². The molecular weight excluding hydrogens is 776 g/mol. The van der Waals surface area contributed by atoms with E-state index < -0.39 is 23.9 Å². The van der Waals surface area contributed by atoms with Crippen molar-refractivity contribution in [1.82, 2.24) is 19.9 Å². The standard InChI is InChI=1S/4C10H7NO3.Ti/c4*12-8-3-1-2-6-4-5-7(10(13)14)11-9(6)8;/h4*1-5,12H,(H,13,14);/q;;;;+4/p-4. The van der Waals surface area contributed by atoms with Gasteiger partial charge in [0.15, 0.2) is 0 Å². The molecular formula is C40H24N4O12Ti. The molecule has 17 heteroatoms. The second kappa shape index (κ2) is 18.6. The molecule has 280 valence electrons. The third-order valence-corrected chi connectivity index (χ3v) is 7.61. The van der Waals surface area contributed by atoms with Crippen molar-refractivity contribution in [2.75, 3.05) is 0 Å². The Bertz CT molecular complexity index is 2420. The van der Waals surface area contributed by atoms with Gasteiger partial charge in [-0.05, 0) is 45.8 Å². The first-order chi connectivity index (χ1) is 26.7. The molecule has 0 unspecified atom stereocenters. The molecule has 8 rings (SSSR count). The summed E-state index contributed by atoms with van der Waals surface area (Å²) >= 11 is 0. The maximum Gasteiger partial charge on any atom is 4.00 e. The molecule has 0 aliphatic rings. The number of aromatic carboxylic acids is 4. The van der Waals surface area contributed by atoms with Crippen LogP contribution in [-0.4, -0.2) is 64.2 Å². The third kappa shape index (κ3) is 10.3. The summed E-state index contributed by atoms with van der Waals surface area (Å²) in [4.78, 5) is 57.4. The second-order valence-electron chi connectivity index (χ2n) is 11.3. The molecule has 16 nitrogen and oxygen atoms in total. The van der Waals surface area contributed by atoms with Crippen LogP contribution >= 0.6 is 0 Å². The summed E-state index contributed by atoms with van der Waals surface area (Å²) in [5.41, 5.74) is 0.364. The van der Waals surface area contributed by atoms with E-state index in [-0.39, 0.29) is 89.6 Å². The van der Waals surface area contributed by atoms with Crippen LogP contribution in [0.25, 0.3) is 43.6 Å². The first kappa shape index (κ1) is 42.1. The summed E-state index contributed by atoms with van der Waals surface area (Å²) in [5, 5.41) is 82.5. The van der Waals surface area contributed by atoms with E-state index in [2.05, 4.69) is 19.9 Å². The van der Waals surface area contributed by atoms with Gasteiger partial charge in [0.2, 0.25) is 0 Å². The van der Waals surface area contributed by atoms with E-state index in [9.17, 15) is 39.6 Å². The molecule has 4 aromatic heterocycles. The van der Waals surface area contributed by atoms with Crippen LogP contribution in [0.15, 0.2) is 121 Å². The van der Waals surface area contributed by atoms with Crippen molar-refractivity contribution in [2.24, 2.45) is 0 Å². The van der Waals surface area contributed by atoms with Gasteiger partial charge < -0.3 is 40.9 Å². The van der Waals surface area contributed by atoms with Gasteiger partial charge in [0.05, 0.1) is 22.1 Å². The summed E-state index contributed by atoms with van der Waals surface area (Å²) < 4.78 is 0. The van der Waals surface area contributed by atoms with Crippen LogP contribution in [-0.2, 0) is 21.7 Å². The molecule has 0 radical (unpaired) electrons. The Kier molecular flexibility index (Phi) is 13.7. The Morgan fingerprint density at radius 2 is 0.526 bits per heavy atom. The van der Waals surface area contributed by atoms with Gasteiger partial charge in [-0.3, -0.25) is 0 Å². The molecule has 0 saturated heterocycles. The molecule has 0 atom stereocenters. The SMILES string of the molecule is O=C(O)c1ccc2cccc([O-])c2n1.O=C(O)c1ccc2cccc([O-])c2n1.O=C(O)c1ccc2cccc([O-])c2n1.O=C(O)c1ccc2cccc([O-])c2n1.[Ti+4]. The van der Waals surface area contributed by atoms with Gasteiger partial charge in [0, 0.05) is 0 Å². The number of benzene rings is 4. The fourth-order valence-corrected chi connectivity index (χ4v) is 4.96. The van der Waals surface area contributed by atoms with Gasteiger partial charge in [-0.1, -0.05) is 120 Å². The molecule has 4 aromatic carbocycles. The van der Waals surface area contributed by atoms with Crippen molar-refractivity contribution in [1.29, 1.82) is 0 Å². The topological polar surface area (TPSA) is 293 Å². The van der Waals surface area contributed by atoms with Gasteiger partial charge in [-0.15, -0.1) is 0 Å². The average molecular weight is 801 g/mol. The Morgan fingerprint density at radius 3 is 0.702 bits per heavy atom. The first-order valence-corrected chi connectivity index (χ1v) is 15.9. The smallest absolute Gasteiger partial charge is 0.871 e. The van der Waals surface area contributed by atoms with Gasteiger partial charge in [-0.2, -0.15) is 0 Å². The normalized spacial score (nSPS) is 10.1. The zero-order chi connectivity index (χ0) is 40.5. The fraction of sp³-hybridized carbons (Fsp3) is 0. The number of aromatic nitrogens is 4. The monoisotopic (exact) mass is 800 g/mol. The van der Waals surface area contributed by atoms with Crippen molar-refractivity contribution < 1.29 is 81.7 Å². The van der Waals surface area contributed by atoms with E-state index in [1.165, 1.54) is 48.5 Å². The molecule has 0 aliphatic heterocycles. The largest absolute Gasteiger partial charge is 4.00 e. The van der Waals surface area contributed by atoms with Gasteiger partial charge in [0.25, 0.3) is 0 Å². The molecule has 0 fully saturated rings. The maximum absolute atomic E-state index is 11.3. The second-order valence-corrected chi connectivity index (χ2v) is 11.3. The van der Waals surface area contributed by atoms with Crippen molar-refractivity contribution in [2.45, 2.75) is 0 Å². The Morgan fingerprint density at radius 1 is 0.333 bits per heavy atom. The number of carboxylic acid groups (broad SMARTS) is 4. The fourth-order valence-electron chi connectivity index (χ4n) is 4.96. The summed E-state index contributed by atoms with van der Waals surface area (Å²) in [7, 11) is 0. The number of para-hydroxylation sites is 4. The van der Waals surface area contributed by atoms with Crippen LogP contribution in [0.3, 0.4) is 0 Å². The predicted molar refractivity (Wildman–Crippen MR) is 193 cm³/mol. The van der Waals surface area contributed by atoms with Crippen LogP contribution in [0.1, 0.15) is 42.0 Å². The molecule has 0 saturated carbocycles. The summed E-state index contributed by atoms with van der Waals surface area (Å²) in [6.45, 7) is 0. The molecule has 0 aliphatic carbocycles. The quantitative estimate of drug-likeness (QED) is 0.183. The van der Waals surface area contributed by atoms with Crippen molar-refractivity contribution >= 4 is 67.5 Å². The van der Waals surface area contributed by atoms with Crippen LogP contribution < -0.4 is 20.4 Å². The Labute approximate surface area is 335 Å². The number of hydrogen-bond donors (Lipinski definition) is 4. The van der Waals surface area contributed by atoms with Crippen LogP contribution in [0.5, 0.6) is 23.0 Å². The predicted octanol–water partition coefficient (Wildman–Crippen LogP) is 4.02. The summed E-state index contributed by atoms with van der Waals surface area (Å²) in [5.74, 6) is -5.55. The molecule has 57 heavy (non-hydrogen) atoms. The van der Waals surface area contributed by atoms with Crippen molar-refractivity contribution in [3.63, 3.8) is 0 Å². The Balaban J connectivity index is 0.000000167. The van der Waals surface area contributed by atoms with E-state index in [1.54, 1.807) is 72.8 Å². The van der Waals surface area contributed by atoms with E-state index in [0.717, 1.165) is 0 Å². The maximum atomic E-state index is 11.3. The van der Waals surface area contributed by atoms with Gasteiger partial charge in [-0.25, -0.2) is 39.1 Å². The minimum Gasteiger partial charge on any atom is -0.871 e. The number of carbonyl (C=O) groups is 4. The number of rotatable bonds is 4. The van der Waals surface area contributed by atoms with Gasteiger partial charge >= 0.3 is 45.6 Å².